The number of aliphatic hydroxyl groups is 1. The summed E-state index contributed by atoms with van der Waals surface area (Å²) in [7, 11) is 0. The number of fused-ring (bicyclic) bond motifs is 3. The minimum Gasteiger partial charge on any atom is -0.508 e. The number of benzene rings is 2. The average Bonchev–Trinajstić information content (AvgIpc) is 3.51. The molecule has 232 valence electrons. The molecular weight excluding hydrogens is 573 g/mol. The van der Waals surface area contributed by atoms with E-state index in [1.54, 1.807) is 18.0 Å². The third-order valence-electron chi connectivity index (χ3n) is 9.42. The van der Waals surface area contributed by atoms with E-state index in [1.807, 2.05) is 6.92 Å². The van der Waals surface area contributed by atoms with Crippen LogP contribution in [0.1, 0.15) is 45.1 Å². The number of anilines is 1. The number of aromatic hydroxyl groups is 1. The number of aryl methyl sites for hydroxylation is 1. The van der Waals surface area contributed by atoms with Gasteiger partial charge in [0, 0.05) is 37.8 Å². The summed E-state index contributed by atoms with van der Waals surface area (Å²) in [5.41, 5.74) is 2.25. The first-order chi connectivity index (χ1) is 21.1. The highest BCUT2D eigenvalue weighted by Gasteiger charge is 2.49. The van der Waals surface area contributed by atoms with Crippen LogP contribution in [0.2, 0.25) is 0 Å². The fourth-order valence-corrected chi connectivity index (χ4v) is 7.13. The number of hydrazine groups is 1. The van der Waals surface area contributed by atoms with Gasteiger partial charge < -0.3 is 14.9 Å². The molecule has 5 heterocycles. The van der Waals surface area contributed by atoms with Gasteiger partial charge in [-0.15, -0.1) is 0 Å². The summed E-state index contributed by atoms with van der Waals surface area (Å²) in [6.45, 7) is 5.50. The molecule has 0 saturated carbocycles. The summed E-state index contributed by atoms with van der Waals surface area (Å²) in [6.07, 6.45) is 3.41. The van der Waals surface area contributed by atoms with E-state index in [0.717, 1.165) is 19.4 Å². The number of rotatable bonds is 6. The molecule has 2 aromatic carbocycles. The number of nitrogens with zero attached hydrogens (tertiary/aromatic N) is 5. The summed E-state index contributed by atoms with van der Waals surface area (Å²) >= 11 is 0. The third-order valence-corrected chi connectivity index (χ3v) is 9.42. The lowest BCUT2D eigenvalue weighted by Crippen LogP contribution is -2.55. The summed E-state index contributed by atoms with van der Waals surface area (Å²) in [6, 6.07) is 5.71. The van der Waals surface area contributed by atoms with Crippen molar-refractivity contribution in [2.45, 2.75) is 63.3 Å². The Labute approximate surface area is 252 Å². The van der Waals surface area contributed by atoms with Gasteiger partial charge in [0.25, 0.3) is 0 Å². The van der Waals surface area contributed by atoms with Gasteiger partial charge in [0.15, 0.2) is 11.6 Å². The fourth-order valence-electron chi connectivity index (χ4n) is 7.13. The third kappa shape index (κ3) is 4.89. The average molecular weight is 609 g/mol. The van der Waals surface area contributed by atoms with Crippen molar-refractivity contribution in [1.29, 1.82) is 0 Å². The number of nitrogens with one attached hydrogen (secondary N) is 1. The van der Waals surface area contributed by atoms with Crippen LogP contribution in [-0.2, 0) is 6.42 Å². The van der Waals surface area contributed by atoms with E-state index in [0.29, 0.717) is 59.9 Å². The first kappa shape index (κ1) is 29.0. The molecule has 3 saturated heterocycles. The molecule has 0 unspecified atom stereocenters. The monoisotopic (exact) mass is 608 g/mol. The van der Waals surface area contributed by atoms with E-state index in [-0.39, 0.29) is 41.7 Å². The molecule has 4 aromatic rings. The molecule has 44 heavy (non-hydrogen) atoms. The number of hydrogen-bond acceptors (Lipinski definition) is 9. The fraction of sp³-hybridized carbons (Fsp3) is 0.469. The van der Waals surface area contributed by atoms with Crippen molar-refractivity contribution in [3.05, 3.63) is 47.7 Å². The van der Waals surface area contributed by atoms with E-state index in [2.05, 4.69) is 25.3 Å². The van der Waals surface area contributed by atoms with Gasteiger partial charge in [-0.2, -0.15) is 9.97 Å². The van der Waals surface area contributed by atoms with E-state index < -0.39 is 28.9 Å². The summed E-state index contributed by atoms with van der Waals surface area (Å²) in [5.74, 6) is -0.982. The van der Waals surface area contributed by atoms with Crippen molar-refractivity contribution in [3.63, 3.8) is 0 Å². The summed E-state index contributed by atoms with van der Waals surface area (Å²) in [5, 5.41) is 24.1. The van der Waals surface area contributed by atoms with Gasteiger partial charge >= 0.3 is 6.01 Å². The number of pyridine rings is 1. The quantitative estimate of drug-likeness (QED) is 0.284. The Morgan fingerprint density at radius 3 is 2.77 bits per heavy atom. The normalized spacial score (nSPS) is 25.7. The molecule has 3 fully saturated rings. The maximum absolute atomic E-state index is 16.7. The maximum Gasteiger partial charge on any atom is 0.319 e. The molecule has 9 nitrogen and oxygen atoms in total. The molecule has 3 aliphatic heterocycles. The molecule has 0 radical (unpaired) electrons. The zero-order valence-electron chi connectivity index (χ0n) is 24.7. The molecular formula is C32H35F3N6O3. The van der Waals surface area contributed by atoms with Gasteiger partial charge in [-0.25, -0.2) is 18.6 Å². The van der Waals surface area contributed by atoms with Gasteiger partial charge in [0.05, 0.1) is 16.5 Å². The van der Waals surface area contributed by atoms with Crippen LogP contribution in [0.25, 0.3) is 32.9 Å². The molecule has 7 rings (SSSR count). The maximum atomic E-state index is 16.7. The second-order valence-electron chi connectivity index (χ2n) is 12.6. The highest BCUT2D eigenvalue weighted by Crippen LogP contribution is 2.42. The summed E-state index contributed by atoms with van der Waals surface area (Å²) < 4.78 is 52.1. The zero-order valence-corrected chi connectivity index (χ0v) is 24.7. The molecule has 0 aliphatic carbocycles. The topological polar surface area (TPSA) is 107 Å². The Balaban J connectivity index is 1.37. The van der Waals surface area contributed by atoms with E-state index in [9.17, 15) is 19.0 Å². The molecule has 2 aromatic heterocycles. The van der Waals surface area contributed by atoms with E-state index in [4.69, 9.17) is 4.74 Å². The SMILES string of the molecule is CCc1c(F)ccc2cc(O)cc(-c3ncc4c(N5CC[C@@](C)(O)CN5)nc(OC[C@@]56CCCN5C[C@H](F)C6)nc4c3F)c12. The highest BCUT2D eigenvalue weighted by atomic mass is 19.1. The van der Waals surface area contributed by atoms with Gasteiger partial charge in [0.2, 0.25) is 0 Å². The molecule has 3 aliphatic rings. The largest absolute Gasteiger partial charge is 0.508 e. The van der Waals surface area contributed by atoms with Crippen LogP contribution in [0, 0.1) is 11.6 Å². The standard InChI is InChI=1S/C32H35F3N6O3/c1-3-21-24(34)6-5-18-11-20(42)12-22(25(18)21)27-26(35)28-23(14-36-27)29(41-10-8-31(2,43)16-37-41)39-30(38-28)44-17-32-7-4-9-40(32)15-19(33)13-32/h5-6,11-12,14,19,37,42-43H,3-4,7-10,13,15-17H2,1-2H3/t19-,31-,32+/m1/s1. The molecule has 3 N–H and O–H groups in total. The van der Waals surface area contributed by atoms with Gasteiger partial charge in [0.1, 0.15) is 35.6 Å². The van der Waals surface area contributed by atoms with Crippen molar-refractivity contribution < 1.29 is 28.1 Å². The van der Waals surface area contributed by atoms with Crippen molar-refractivity contribution in [3.8, 4) is 23.0 Å². The lowest BCUT2D eigenvalue weighted by Gasteiger charge is -2.37. The Morgan fingerprint density at radius 2 is 2.00 bits per heavy atom. The number of hydrogen-bond donors (Lipinski definition) is 3. The number of alkyl halides is 1. The van der Waals surface area contributed by atoms with Crippen molar-refractivity contribution in [2.24, 2.45) is 0 Å². The van der Waals surface area contributed by atoms with Crippen molar-refractivity contribution in [1.82, 2.24) is 25.3 Å². The number of phenolic OH excluding ortho intramolecular Hbond substituents is 1. The van der Waals surface area contributed by atoms with E-state index >= 15 is 4.39 Å². The smallest absolute Gasteiger partial charge is 0.319 e. The summed E-state index contributed by atoms with van der Waals surface area (Å²) in [4.78, 5) is 15.7. The Hall–Kier alpha value is -3.74. The van der Waals surface area contributed by atoms with E-state index in [1.165, 1.54) is 24.4 Å². The number of halogens is 3. The molecule has 0 spiro atoms. The van der Waals surface area contributed by atoms with Crippen LogP contribution in [0.4, 0.5) is 19.0 Å². The van der Waals surface area contributed by atoms with Gasteiger partial charge in [-0.1, -0.05) is 13.0 Å². The lowest BCUT2D eigenvalue weighted by atomic mass is 9.94. The highest BCUT2D eigenvalue weighted by molar-refractivity contribution is 6.01. The number of β-amino-alcohol motifs (C(OH)–C–C–N with tert-alkyl or cyclic N) is 1. The van der Waals surface area contributed by atoms with Gasteiger partial charge in [-0.05, 0) is 73.7 Å². The van der Waals surface area contributed by atoms with Crippen LogP contribution in [0.5, 0.6) is 11.8 Å². The second-order valence-corrected chi connectivity index (χ2v) is 12.6. The second kappa shape index (κ2) is 10.7. The van der Waals surface area contributed by atoms with Crippen LogP contribution in [0.3, 0.4) is 0 Å². The molecule has 0 bridgehead atoms. The van der Waals surface area contributed by atoms with Crippen LogP contribution in [-0.4, -0.2) is 80.2 Å². The Bertz CT molecular complexity index is 1760. The zero-order chi connectivity index (χ0) is 30.8. The lowest BCUT2D eigenvalue weighted by molar-refractivity contribution is 0.0375. The predicted octanol–water partition coefficient (Wildman–Crippen LogP) is 4.81. The van der Waals surface area contributed by atoms with Crippen LogP contribution < -0.4 is 15.2 Å². The van der Waals surface area contributed by atoms with Crippen LogP contribution >= 0.6 is 0 Å². The van der Waals surface area contributed by atoms with Crippen molar-refractivity contribution in [2.75, 3.05) is 37.8 Å². The minimum atomic E-state index is -0.932. The molecule has 12 heteroatoms. The minimum absolute atomic E-state index is 0.0596. The Kier molecular flexibility index (Phi) is 7.06. The number of ether oxygens (including phenoxy) is 1. The molecule has 0 amide bonds. The number of aromatic nitrogens is 3. The van der Waals surface area contributed by atoms with Crippen molar-refractivity contribution >= 4 is 27.5 Å². The van der Waals surface area contributed by atoms with Gasteiger partial charge in [-0.3, -0.25) is 14.9 Å². The predicted molar refractivity (Wildman–Crippen MR) is 160 cm³/mol. The van der Waals surface area contributed by atoms with Crippen LogP contribution in [0.15, 0.2) is 30.5 Å². The number of phenols is 1. The molecule has 3 atom stereocenters. The first-order valence-corrected chi connectivity index (χ1v) is 15.1. The first-order valence-electron chi connectivity index (χ1n) is 15.1. The Morgan fingerprint density at radius 1 is 1.16 bits per heavy atom.